The normalized spacial score (nSPS) is 16.7. The minimum atomic E-state index is -4.53. The van der Waals surface area contributed by atoms with Gasteiger partial charge >= 0.3 is 6.18 Å². The molecule has 3 nitrogen and oxygen atoms in total. The van der Waals surface area contributed by atoms with Gasteiger partial charge in [0.25, 0.3) is 5.91 Å². The van der Waals surface area contributed by atoms with Crippen LogP contribution in [0.5, 0.6) is 5.75 Å². The predicted octanol–water partition coefficient (Wildman–Crippen LogP) is 5.38. The fourth-order valence-corrected chi connectivity index (χ4v) is 5.15. The first kappa shape index (κ1) is 19.0. The molecule has 1 atom stereocenters. The number of halogens is 3. The maximum absolute atomic E-state index is 13.1. The van der Waals surface area contributed by atoms with Crippen molar-refractivity contribution in [2.75, 3.05) is 13.2 Å². The fraction of sp³-hybridized carbons (Fsp3) is 0.250. The molecule has 3 aromatic rings. The van der Waals surface area contributed by atoms with Gasteiger partial charge < -0.3 is 9.64 Å². The van der Waals surface area contributed by atoms with Crippen LogP contribution in [-0.4, -0.2) is 24.0 Å². The number of hydrogen-bond acceptors (Lipinski definition) is 4. The quantitative estimate of drug-likeness (QED) is 0.564. The third kappa shape index (κ3) is 3.66. The molecule has 1 unspecified atom stereocenters. The first-order chi connectivity index (χ1) is 13.4. The van der Waals surface area contributed by atoms with Crippen LogP contribution in [0.1, 0.15) is 26.9 Å². The first-order valence-electron chi connectivity index (χ1n) is 8.63. The lowest BCUT2D eigenvalue weighted by Crippen LogP contribution is -2.42. The Morgan fingerprint density at radius 2 is 1.93 bits per heavy atom. The van der Waals surface area contributed by atoms with Crippen molar-refractivity contribution in [2.24, 2.45) is 0 Å². The molecular formula is C20H16F3NO2S2. The summed E-state index contributed by atoms with van der Waals surface area (Å²) in [4.78, 5) is 16.9. The molecule has 0 saturated heterocycles. The highest BCUT2D eigenvalue weighted by atomic mass is 32.1. The van der Waals surface area contributed by atoms with Gasteiger partial charge in [-0.05, 0) is 47.0 Å². The Balaban J connectivity index is 1.55. The molecule has 0 spiro atoms. The maximum Gasteiger partial charge on any atom is 0.419 e. The van der Waals surface area contributed by atoms with Gasteiger partial charge in [-0.1, -0.05) is 18.2 Å². The Morgan fingerprint density at radius 1 is 1.11 bits per heavy atom. The molecule has 146 valence electrons. The third-order valence-corrected chi connectivity index (χ3v) is 6.56. The molecule has 0 saturated carbocycles. The molecule has 0 N–H and O–H groups in total. The summed E-state index contributed by atoms with van der Waals surface area (Å²) in [6.45, 7) is 0.0770. The Morgan fingerprint density at radius 3 is 2.68 bits per heavy atom. The van der Waals surface area contributed by atoms with Crippen LogP contribution in [0.2, 0.25) is 0 Å². The number of rotatable bonds is 4. The lowest BCUT2D eigenvalue weighted by atomic mass is 9.98. The summed E-state index contributed by atoms with van der Waals surface area (Å²) in [7, 11) is 0. The standard InChI is InChI=1S/C20H16F3NO2S2/c21-20(22,23)14-4-1-2-5-15(14)26-12-18(25)24-9-7-16-13(8-11-28-16)19(24)17-6-3-10-27-17/h1-6,8,10-11,19H,7,9,12H2. The summed E-state index contributed by atoms with van der Waals surface area (Å²) in [5.74, 6) is -0.656. The van der Waals surface area contributed by atoms with E-state index in [4.69, 9.17) is 4.74 Å². The van der Waals surface area contributed by atoms with Crippen LogP contribution in [0.4, 0.5) is 13.2 Å². The Bertz CT molecular complexity index is 966. The number of thiophene rings is 2. The van der Waals surface area contributed by atoms with E-state index in [2.05, 4.69) is 0 Å². The van der Waals surface area contributed by atoms with Crippen LogP contribution in [0.25, 0.3) is 0 Å². The third-order valence-electron chi connectivity index (χ3n) is 4.64. The van der Waals surface area contributed by atoms with E-state index >= 15 is 0 Å². The molecule has 3 heterocycles. The molecule has 0 fully saturated rings. The fourth-order valence-electron chi connectivity index (χ4n) is 3.39. The zero-order chi connectivity index (χ0) is 19.7. The topological polar surface area (TPSA) is 29.5 Å². The molecule has 1 aliphatic rings. The van der Waals surface area contributed by atoms with Gasteiger partial charge in [0.2, 0.25) is 0 Å². The van der Waals surface area contributed by atoms with Crippen molar-refractivity contribution in [3.8, 4) is 5.75 Å². The van der Waals surface area contributed by atoms with Crippen LogP contribution in [0.15, 0.2) is 53.2 Å². The second kappa shape index (κ2) is 7.60. The lowest BCUT2D eigenvalue weighted by molar-refractivity contribution is -0.141. The van der Waals surface area contributed by atoms with Crippen molar-refractivity contribution in [1.82, 2.24) is 4.90 Å². The monoisotopic (exact) mass is 423 g/mol. The molecule has 0 aliphatic carbocycles. The van der Waals surface area contributed by atoms with Crippen molar-refractivity contribution in [3.05, 3.63) is 74.1 Å². The number of para-hydroxylation sites is 1. The Hall–Kier alpha value is -2.32. The summed E-state index contributed by atoms with van der Waals surface area (Å²) >= 11 is 3.22. The number of amides is 1. The Labute approximate surface area is 168 Å². The molecule has 8 heteroatoms. The highest BCUT2D eigenvalue weighted by molar-refractivity contribution is 7.10. The summed E-state index contributed by atoms with van der Waals surface area (Å²) in [6.07, 6.45) is -3.80. The van der Waals surface area contributed by atoms with Crippen molar-refractivity contribution < 1.29 is 22.7 Å². The number of ether oxygens (including phenoxy) is 1. The minimum absolute atomic E-state index is 0.219. The van der Waals surface area contributed by atoms with Gasteiger partial charge in [0, 0.05) is 16.3 Å². The zero-order valence-corrected chi connectivity index (χ0v) is 16.2. The molecular weight excluding hydrogens is 407 g/mol. The summed E-state index contributed by atoms with van der Waals surface area (Å²) in [5.41, 5.74) is 0.208. The number of benzene rings is 1. The van der Waals surface area contributed by atoms with Gasteiger partial charge in [-0.25, -0.2) is 0 Å². The number of alkyl halides is 3. The minimum Gasteiger partial charge on any atom is -0.483 e. The average Bonchev–Trinajstić information content (AvgIpc) is 3.36. The van der Waals surface area contributed by atoms with E-state index in [0.717, 1.165) is 22.9 Å². The zero-order valence-electron chi connectivity index (χ0n) is 14.6. The molecule has 1 aliphatic heterocycles. The van der Waals surface area contributed by atoms with Crippen molar-refractivity contribution in [1.29, 1.82) is 0 Å². The van der Waals surface area contributed by atoms with Gasteiger partial charge in [-0.3, -0.25) is 4.79 Å². The van der Waals surface area contributed by atoms with E-state index < -0.39 is 18.3 Å². The van der Waals surface area contributed by atoms with E-state index in [-0.39, 0.29) is 17.7 Å². The number of fused-ring (bicyclic) bond motifs is 1. The van der Waals surface area contributed by atoms with Crippen molar-refractivity contribution in [3.63, 3.8) is 0 Å². The number of carbonyl (C=O) groups is 1. The molecule has 4 rings (SSSR count). The van der Waals surface area contributed by atoms with E-state index in [0.29, 0.717) is 6.54 Å². The summed E-state index contributed by atoms with van der Waals surface area (Å²) in [6, 6.07) is 10.6. The lowest BCUT2D eigenvalue weighted by Gasteiger charge is -2.35. The molecule has 1 amide bonds. The predicted molar refractivity (Wildman–Crippen MR) is 103 cm³/mol. The van der Waals surface area contributed by atoms with Gasteiger partial charge in [0.15, 0.2) is 6.61 Å². The summed E-state index contributed by atoms with van der Waals surface area (Å²) < 4.78 is 44.7. The van der Waals surface area contributed by atoms with Crippen LogP contribution in [0.3, 0.4) is 0 Å². The smallest absolute Gasteiger partial charge is 0.419 e. The SMILES string of the molecule is O=C(COc1ccccc1C(F)(F)F)N1CCc2sccc2C1c1cccs1. The van der Waals surface area contributed by atoms with Crippen LogP contribution in [-0.2, 0) is 17.4 Å². The van der Waals surface area contributed by atoms with Crippen molar-refractivity contribution >= 4 is 28.6 Å². The highest BCUT2D eigenvalue weighted by Gasteiger charge is 2.36. The first-order valence-corrected chi connectivity index (χ1v) is 10.4. The molecule has 28 heavy (non-hydrogen) atoms. The second-order valence-electron chi connectivity index (χ2n) is 6.34. The van der Waals surface area contributed by atoms with Crippen molar-refractivity contribution in [2.45, 2.75) is 18.6 Å². The average molecular weight is 423 g/mol. The van der Waals surface area contributed by atoms with E-state index in [9.17, 15) is 18.0 Å². The van der Waals surface area contributed by atoms with Gasteiger partial charge in [0.1, 0.15) is 5.75 Å². The van der Waals surface area contributed by atoms with E-state index in [1.807, 2.05) is 29.0 Å². The van der Waals surface area contributed by atoms with E-state index in [1.54, 1.807) is 27.6 Å². The van der Waals surface area contributed by atoms with Gasteiger partial charge in [0.05, 0.1) is 11.6 Å². The Kier molecular flexibility index (Phi) is 5.16. The van der Waals surface area contributed by atoms with E-state index in [1.165, 1.54) is 23.1 Å². The largest absolute Gasteiger partial charge is 0.483 e. The van der Waals surface area contributed by atoms with Gasteiger partial charge in [-0.15, -0.1) is 22.7 Å². The highest BCUT2D eigenvalue weighted by Crippen LogP contribution is 2.40. The van der Waals surface area contributed by atoms with Crippen LogP contribution in [0, 0.1) is 0 Å². The molecule has 0 bridgehead atoms. The number of hydrogen-bond donors (Lipinski definition) is 0. The van der Waals surface area contributed by atoms with Crippen LogP contribution >= 0.6 is 22.7 Å². The van der Waals surface area contributed by atoms with Crippen LogP contribution < -0.4 is 4.74 Å². The molecule has 2 aromatic heterocycles. The summed E-state index contributed by atoms with van der Waals surface area (Å²) in [5, 5.41) is 3.96. The maximum atomic E-state index is 13.1. The molecule has 0 radical (unpaired) electrons. The number of carbonyl (C=O) groups excluding carboxylic acids is 1. The second-order valence-corrected chi connectivity index (χ2v) is 8.32. The number of nitrogens with zero attached hydrogens (tertiary/aromatic N) is 1. The molecule has 1 aromatic carbocycles. The van der Waals surface area contributed by atoms with Gasteiger partial charge in [-0.2, -0.15) is 13.2 Å².